The first-order valence-corrected chi connectivity index (χ1v) is 11.8. The first kappa shape index (κ1) is 23.7. The van der Waals surface area contributed by atoms with E-state index in [9.17, 15) is 13.2 Å². The van der Waals surface area contributed by atoms with Crippen LogP contribution in [0.2, 0.25) is 0 Å². The lowest BCUT2D eigenvalue weighted by Gasteiger charge is -2.27. The maximum absolute atomic E-state index is 12.9. The van der Waals surface area contributed by atoms with Crippen LogP contribution in [0.3, 0.4) is 0 Å². The number of hydrogen-bond donors (Lipinski definition) is 1. The molecule has 0 aliphatic carbocycles. The van der Waals surface area contributed by atoms with Crippen molar-refractivity contribution in [2.24, 2.45) is 0 Å². The van der Waals surface area contributed by atoms with Crippen molar-refractivity contribution in [3.05, 3.63) is 58.1 Å². The van der Waals surface area contributed by atoms with Crippen LogP contribution in [0.25, 0.3) is 0 Å². The molecule has 0 fully saturated rings. The minimum atomic E-state index is -3.64. The van der Waals surface area contributed by atoms with E-state index in [0.29, 0.717) is 12.1 Å². The van der Waals surface area contributed by atoms with E-state index in [2.05, 4.69) is 5.32 Å². The van der Waals surface area contributed by atoms with Crippen LogP contribution in [0.1, 0.15) is 47.2 Å². The number of hydrogen-bond acceptors (Lipinski definition) is 4. The van der Waals surface area contributed by atoms with Crippen molar-refractivity contribution in [1.29, 1.82) is 0 Å². The third kappa shape index (κ3) is 5.53. The second kappa shape index (κ2) is 9.51. The van der Waals surface area contributed by atoms with Gasteiger partial charge in [0.1, 0.15) is 12.3 Å². The molecule has 30 heavy (non-hydrogen) atoms. The monoisotopic (exact) mass is 432 g/mol. The Kier molecular flexibility index (Phi) is 7.53. The molecule has 0 unspecified atom stereocenters. The van der Waals surface area contributed by atoms with Crippen LogP contribution in [0.4, 0.5) is 5.69 Å². The van der Waals surface area contributed by atoms with E-state index in [-0.39, 0.29) is 18.5 Å². The number of benzene rings is 2. The van der Waals surface area contributed by atoms with Gasteiger partial charge in [-0.1, -0.05) is 36.8 Å². The number of methoxy groups -OCH3 is 1. The molecule has 7 heteroatoms. The van der Waals surface area contributed by atoms with Gasteiger partial charge in [-0.15, -0.1) is 0 Å². The van der Waals surface area contributed by atoms with Crippen molar-refractivity contribution in [3.8, 4) is 5.75 Å². The highest BCUT2D eigenvalue weighted by Gasteiger charge is 2.25. The quantitative estimate of drug-likeness (QED) is 0.685. The molecular weight excluding hydrogens is 400 g/mol. The summed E-state index contributed by atoms with van der Waals surface area (Å²) in [5, 5.41) is 2.98. The van der Waals surface area contributed by atoms with Crippen LogP contribution in [0.5, 0.6) is 5.75 Å². The maximum atomic E-state index is 12.9. The van der Waals surface area contributed by atoms with Gasteiger partial charge in [-0.3, -0.25) is 9.10 Å². The predicted molar refractivity (Wildman–Crippen MR) is 122 cm³/mol. The van der Waals surface area contributed by atoms with Crippen LogP contribution >= 0.6 is 0 Å². The van der Waals surface area contributed by atoms with Crippen LogP contribution in [0, 0.1) is 27.7 Å². The molecule has 0 spiro atoms. The smallest absolute Gasteiger partial charge is 0.241 e. The molecule has 0 aliphatic heterocycles. The molecule has 0 aromatic heterocycles. The number of amides is 1. The zero-order chi connectivity index (χ0) is 22.6. The van der Waals surface area contributed by atoms with E-state index in [4.69, 9.17) is 4.74 Å². The molecule has 2 aromatic carbocycles. The summed E-state index contributed by atoms with van der Waals surface area (Å²) in [5.74, 6) is 0.439. The van der Waals surface area contributed by atoms with Crippen LogP contribution in [-0.4, -0.2) is 34.2 Å². The normalized spacial score (nSPS) is 12.4. The molecule has 1 amide bonds. The fraction of sp³-hybridized carbons (Fsp3) is 0.435. The molecular formula is C23H32N2O4S. The van der Waals surface area contributed by atoms with E-state index in [1.54, 1.807) is 7.11 Å². The summed E-state index contributed by atoms with van der Waals surface area (Å²) in [6, 6.07) is 9.41. The van der Waals surface area contributed by atoms with Crippen LogP contribution < -0.4 is 14.4 Å². The summed E-state index contributed by atoms with van der Waals surface area (Å²) in [7, 11) is -2.02. The number of nitrogens with zero attached hydrogens (tertiary/aromatic N) is 1. The lowest BCUT2D eigenvalue weighted by molar-refractivity contribution is -0.120. The zero-order valence-corrected chi connectivity index (χ0v) is 19.7. The average Bonchev–Trinajstić information content (AvgIpc) is 2.63. The summed E-state index contributed by atoms with van der Waals surface area (Å²) >= 11 is 0. The van der Waals surface area contributed by atoms with Crippen molar-refractivity contribution in [3.63, 3.8) is 0 Å². The number of nitrogens with one attached hydrogen (secondary N) is 1. The fourth-order valence-electron chi connectivity index (χ4n) is 3.84. The molecule has 0 heterocycles. The highest BCUT2D eigenvalue weighted by Crippen LogP contribution is 2.29. The summed E-state index contributed by atoms with van der Waals surface area (Å²) < 4.78 is 31.6. The average molecular weight is 433 g/mol. The van der Waals surface area contributed by atoms with Gasteiger partial charge in [-0.05, 0) is 62.4 Å². The number of aryl methyl sites for hydroxylation is 4. The second-order valence-electron chi connectivity index (χ2n) is 7.77. The molecule has 164 valence electrons. The Morgan fingerprint density at radius 3 is 2.13 bits per heavy atom. The Balaban J connectivity index is 2.29. The van der Waals surface area contributed by atoms with Crippen LogP contribution in [-0.2, 0) is 14.8 Å². The SMILES string of the molecule is CC[C@@H](NC(=O)CN(c1c(C)cc(C)cc1C)S(C)(=O)=O)c1ccc(OC)c(C)c1. The molecule has 2 aromatic rings. The van der Waals surface area contributed by atoms with E-state index in [1.165, 1.54) is 4.31 Å². The van der Waals surface area contributed by atoms with Gasteiger partial charge < -0.3 is 10.1 Å². The Bertz CT molecular complexity index is 1010. The Hall–Kier alpha value is -2.54. The van der Waals surface area contributed by atoms with E-state index < -0.39 is 10.0 Å². The summed E-state index contributed by atoms with van der Waals surface area (Å²) in [5.41, 5.74) is 5.19. The molecule has 0 bridgehead atoms. The topological polar surface area (TPSA) is 75.7 Å². The predicted octanol–water partition coefficient (Wildman–Crippen LogP) is 3.96. The van der Waals surface area contributed by atoms with E-state index >= 15 is 0 Å². The van der Waals surface area contributed by atoms with Gasteiger partial charge in [-0.25, -0.2) is 8.42 Å². The number of sulfonamides is 1. The summed E-state index contributed by atoms with van der Waals surface area (Å²) in [6.45, 7) is 9.35. The lowest BCUT2D eigenvalue weighted by Crippen LogP contribution is -2.42. The Labute approximate surface area is 180 Å². The molecule has 0 saturated heterocycles. The molecule has 0 aliphatic rings. The highest BCUT2D eigenvalue weighted by atomic mass is 32.2. The van der Waals surface area contributed by atoms with Gasteiger partial charge in [0, 0.05) is 0 Å². The number of ether oxygens (including phenoxy) is 1. The Morgan fingerprint density at radius 1 is 1.07 bits per heavy atom. The second-order valence-corrected chi connectivity index (χ2v) is 9.68. The molecule has 0 radical (unpaired) electrons. The zero-order valence-electron chi connectivity index (χ0n) is 18.9. The highest BCUT2D eigenvalue weighted by molar-refractivity contribution is 7.92. The maximum Gasteiger partial charge on any atom is 0.241 e. The molecule has 1 N–H and O–H groups in total. The minimum Gasteiger partial charge on any atom is -0.496 e. The van der Waals surface area contributed by atoms with E-state index in [1.807, 2.05) is 65.0 Å². The lowest BCUT2D eigenvalue weighted by atomic mass is 10.0. The fourth-order valence-corrected chi connectivity index (χ4v) is 4.81. The van der Waals surface area contributed by atoms with E-state index in [0.717, 1.165) is 39.8 Å². The van der Waals surface area contributed by atoms with Crippen LogP contribution in [0.15, 0.2) is 30.3 Å². The van der Waals surface area contributed by atoms with Gasteiger partial charge in [0.05, 0.1) is 25.1 Å². The number of rotatable bonds is 8. The van der Waals surface area contributed by atoms with Crippen molar-refractivity contribution >= 4 is 21.6 Å². The van der Waals surface area contributed by atoms with Gasteiger partial charge in [0.2, 0.25) is 15.9 Å². The van der Waals surface area contributed by atoms with Gasteiger partial charge in [0.15, 0.2) is 0 Å². The van der Waals surface area contributed by atoms with Crippen molar-refractivity contribution in [2.75, 3.05) is 24.2 Å². The molecule has 2 rings (SSSR count). The van der Waals surface area contributed by atoms with Gasteiger partial charge >= 0.3 is 0 Å². The molecule has 1 atom stereocenters. The summed E-state index contributed by atoms with van der Waals surface area (Å²) in [4.78, 5) is 12.9. The number of carbonyl (C=O) groups excluding carboxylic acids is 1. The first-order chi connectivity index (χ1) is 14.0. The van der Waals surface area contributed by atoms with Gasteiger partial charge in [-0.2, -0.15) is 0 Å². The van der Waals surface area contributed by atoms with Crippen molar-refractivity contribution in [1.82, 2.24) is 5.32 Å². The number of carbonyl (C=O) groups is 1. The molecule has 6 nitrogen and oxygen atoms in total. The Morgan fingerprint density at radius 2 is 1.67 bits per heavy atom. The first-order valence-electron chi connectivity index (χ1n) is 9.97. The summed E-state index contributed by atoms with van der Waals surface area (Å²) in [6.07, 6.45) is 1.81. The van der Waals surface area contributed by atoms with Gasteiger partial charge in [0.25, 0.3) is 0 Å². The largest absolute Gasteiger partial charge is 0.496 e. The van der Waals surface area contributed by atoms with Crippen molar-refractivity contribution < 1.29 is 17.9 Å². The molecule has 0 saturated carbocycles. The van der Waals surface area contributed by atoms with Crippen molar-refractivity contribution in [2.45, 2.75) is 47.1 Å². The third-order valence-corrected chi connectivity index (χ3v) is 6.25. The number of anilines is 1. The minimum absolute atomic E-state index is 0.219. The third-order valence-electron chi connectivity index (χ3n) is 5.14. The standard InChI is InChI=1S/C23H32N2O4S/c1-8-20(19-9-10-21(29-6)16(3)13-19)24-22(26)14-25(30(7,27)28)23-17(4)11-15(2)12-18(23)5/h9-13,20H,8,14H2,1-7H3,(H,24,26)/t20-/m1/s1.